The highest BCUT2D eigenvalue weighted by atomic mass is 16.5. The molecular formula is C16H16N2O. The predicted molar refractivity (Wildman–Crippen MR) is 74.0 cm³/mol. The summed E-state index contributed by atoms with van der Waals surface area (Å²) in [5.41, 5.74) is 1.48. The maximum absolute atomic E-state index is 8.91. The molecule has 0 unspecified atom stereocenters. The number of rotatable bonds is 2. The van der Waals surface area contributed by atoms with E-state index in [-0.39, 0.29) is 0 Å². The summed E-state index contributed by atoms with van der Waals surface area (Å²) in [6, 6.07) is 9.88. The van der Waals surface area contributed by atoms with Crippen LogP contribution in [-0.4, -0.2) is 11.1 Å². The molecule has 1 aromatic heterocycles. The Morgan fingerprint density at radius 2 is 2.00 bits per heavy atom. The highest BCUT2D eigenvalue weighted by Crippen LogP contribution is 2.25. The Labute approximate surface area is 112 Å². The number of nitriles is 1. The molecule has 3 rings (SSSR count). The Kier molecular flexibility index (Phi) is 3.33. The van der Waals surface area contributed by atoms with Crippen molar-refractivity contribution in [3.63, 3.8) is 0 Å². The minimum Gasteiger partial charge on any atom is -0.490 e. The van der Waals surface area contributed by atoms with Crippen LogP contribution in [0, 0.1) is 11.3 Å². The van der Waals surface area contributed by atoms with Crippen LogP contribution in [0.4, 0.5) is 0 Å². The first-order valence-corrected chi connectivity index (χ1v) is 6.82. The molecule has 3 heteroatoms. The second kappa shape index (κ2) is 5.27. The van der Waals surface area contributed by atoms with E-state index in [9.17, 15) is 0 Å². The molecule has 96 valence electrons. The van der Waals surface area contributed by atoms with Crippen molar-refractivity contribution in [3.8, 4) is 11.8 Å². The highest BCUT2D eigenvalue weighted by Gasteiger charge is 2.14. The van der Waals surface area contributed by atoms with Gasteiger partial charge in [-0.2, -0.15) is 5.26 Å². The van der Waals surface area contributed by atoms with E-state index in [1.54, 1.807) is 6.20 Å². The van der Waals surface area contributed by atoms with E-state index >= 15 is 0 Å². The van der Waals surface area contributed by atoms with Gasteiger partial charge in [0.15, 0.2) is 0 Å². The molecule has 2 aromatic rings. The molecule has 1 aliphatic carbocycles. The number of ether oxygens (including phenoxy) is 1. The lowest BCUT2D eigenvalue weighted by Gasteiger charge is -2.23. The zero-order chi connectivity index (χ0) is 13.1. The monoisotopic (exact) mass is 252 g/mol. The quantitative estimate of drug-likeness (QED) is 0.816. The molecule has 0 radical (unpaired) electrons. The van der Waals surface area contributed by atoms with Crippen molar-refractivity contribution in [2.45, 2.75) is 38.2 Å². The fourth-order valence-corrected chi connectivity index (χ4v) is 2.62. The van der Waals surface area contributed by atoms with Gasteiger partial charge in [-0.05, 0) is 49.9 Å². The summed E-state index contributed by atoms with van der Waals surface area (Å²) in [5, 5.41) is 9.87. The van der Waals surface area contributed by atoms with Crippen LogP contribution < -0.4 is 4.74 Å². The van der Waals surface area contributed by atoms with Gasteiger partial charge in [-0.3, -0.25) is 4.98 Å². The molecular weight excluding hydrogens is 236 g/mol. The first-order valence-electron chi connectivity index (χ1n) is 6.82. The van der Waals surface area contributed by atoms with Crippen molar-refractivity contribution in [2.24, 2.45) is 0 Å². The topological polar surface area (TPSA) is 45.9 Å². The number of pyridine rings is 1. The van der Waals surface area contributed by atoms with Crippen LogP contribution in [0.15, 0.2) is 30.5 Å². The number of benzene rings is 1. The largest absolute Gasteiger partial charge is 0.490 e. The van der Waals surface area contributed by atoms with Gasteiger partial charge in [-0.25, -0.2) is 0 Å². The van der Waals surface area contributed by atoms with Crippen LogP contribution in [0.5, 0.6) is 5.75 Å². The van der Waals surface area contributed by atoms with Crippen LogP contribution in [0.3, 0.4) is 0 Å². The van der Waals surface area contributed by atoms with E-state index in [0.717, 1.165) is 29.5 Å². The Hall–Kier alpha value is -2.08. The number of hydrogen-bond acceptors (Lipinski definition) is 3. The highest BCUT2D eigenvalue weighted by molar-refractivity contribution is 5.81. The van der Waals surface area contributed by atoms with Crippen LogP contribution >= 0.6 is 0 Å². The summed E-state index contributed by atoms with van der Waals surface area (Å²) in [4.78, 5) is 4.26. The van der Waals surface area contributed by atoms with E-state index in [4.69, 9.17) is 10.00 Å². The van der Waals surface area contributed by atoms with Gasteiger partial charge in [0.1, 0.15) is 11.8 Å². The molecule has 1 heterocycles. The van der Waals surface area contributed by atoms with E-state index in [1.807, 2.05) is 24.3 Å². The third-order valence-corrected chi connectivity index (χ3v) is 3.64. The Morgan fingerprint density at radius 1 is 1.16 bits per heavy atom. The van der Waals surface area contributed by atoms with E-state index in [0.29, 0.717) is 11.7 Å². The summed E-state index contributed by atoms with van der Waals surface area (Å²) in [6.45, 7) is 0. The number of nitrogens with zero attached hydrogens (tertiary/aromatic N) is 2. The summed E-state index contributed by atoms with van der Waals surface area (Å²) in [6.07, 6.45) is 8.09. The predicted octanol–water partition coefficient (Wildman–Crippen LogP) is 3.82. The first kappa shape index (κ1) is 12.0. The van der Waals surface area contributed by atoms with Crippen LogP contribution in [0.2, 0.25) is 0 Å². The summed E-state index contributed by atoms with van der Waals surface area (Å²) in [7, 11) is 0. The number of fused-ring (bicyclic) bond motifs is 1. The average molecular weight is 252 g/mol. The minimum absolute atomic E-state index is 0.346. The maximum atomic E-state index is 8.91. The number of aromatic nitrogens is 1. The van der Waals surface area contributed by atoms with Gasteiger partial charge in [0, 0.05) is 11.6 Å². The SMILES string of the molecule is N#Cc1cnc2ccc(OC3CCCCC3)cc2c1. The minimum atomic E-state index is 0.346. The third-order valence-electron chi connectivity index (χ3n) is 3.64. The molecule has 0 spiro atoms. The molecule has 1 fully saturated rings. The van der Waals surface area contributed by atoms with E-state index < -0.39 is 0 Å². The fourth-order valence-electron chi connectivity index (χ4n) is 2.62. The molecule has 19 heavy (non-hydrogen) atoms. The van der Waals surface area contributed by atoms with Crippen LogP contribution in [-0.2, 0) is 0 Å². The van der Waals surface area contributed by atoms with Crippen molar-refractivity contribution in [1.82, 2.24) is 4.98 Å². The molecule has 3 nitrogen and oxygen atoms in total. The van der Waals surface area contributed by atoms with Gasteiger partial charge < -0.3 is 4.74 Å². The molecule has 1 aromatic carbocycles. The van der Waals surface area contributed by atoms with Crippen molar-refractivity contribution in [3.05, 3.63) is 36.0 Å². The zero-order valence-corrected chi connectivity index (χ0v) is 10.8. The lowest BCUT2D eigenvalue weighted by Crippen LogP contribution is -2.19. The van der Waals surface area contributed by atoms with Crippen LogP contribution in [0.25, 0.3) is 10.9 Å². The molecule has 0 N–H and O–H groups in total. The number of hydrogen-bond donors (Lipinski definition) is 0. The summed E-state index contributed by atoms with van der Waals surface area (Å²) >= 11 is 0. The fraction of sp³-hybridized carbons (Fsp3) is 0.375. The molecule has 1 saturated carbocycles. The Morgan fingerprint density at radius 3 is 2.79 bits per heavy atom. The molecule has 1 aliphatic rings. The Balaban J connectivity index is 1.85. The van der Waals surface area contributed by atoms with Crippen LogP contribution in [0.1, 0.15) is 37.7 Å². The van der Waals surface area contributed by atoms with Gasteiger partial charge in [-0.1, -0.05) is 6.42 Å². The van der Waals surface area contributed by atoms with Gasteiger partial charge in [0.25, 0.3) is 0 Å². The lowest BCUT2D eigenvalue weighted by molar-refractivity contribution is 0.155. The van der Waals surface area contributed by atoms with Crippen molar-refractivity contribution in [1.29, 1.82) is 5.26 Å². The van der Waals surface area contributed by atoms with Gasteiger partial charge >= 0.3 is 0 Å². The van der Waals surface area contributed by atoms with Gasteiger partial charge in [0.2, 0.25) is 0 Å². The molecule has 0 saturated heterocycles. The zero-order valence-electron chi connectivity index (χ0n) is 10.8. The second-order valence-electron chi connectivity index (χ2n) is 5.07. The summed E-state index contributed by atoms with van der Waals surface area (Å²) < 4.78 is 6.03. The van der Waals surface area contributed by atoms with E-state index in [2.05, 4.69) is 11.1 Å². The average Bonchev–Trinajstić information content (AvgIpc) is 2.47. The van der Waals surface area contributed by atoms with E-state index in [1.165, 1.54) is 19.3 Å². The molecule has 0 bridgehead atoms. The normalized spacial score (nSPS) is 16.2. The second-order valence-corrected chi connectivity index (χ2v) is 5.07. The first-order chi connectivity index (χ1) is 9.35. The maximum Gasteiger partial charge on any atom is 0.120 e. The van der Waals surface area contributed by atoms with Gasteiger partial charge in [-0.15, -0.1) is 0 Å². The van der Waals surface area contributed by atoms with Crippen molar-refractivity contribution in [2.75, 3.05) is 0 Å². The molecule has 0 atom stereocenters. The standard InChI is InChI=1S/C16H16N2O/c17-10-12-8-13-9-15(6-7-16(13)18-11-12)19-14-4-2-1-3-5-14/h6-9,11,14H,1-5H2. The summed E-state index contributed by atoms with van der Waals surface area (Å²) in [5.74, 6) is 0.885. The molecule has 0 aliphatic heterocycles. The van der Waals surface area contributed by atoms with Gasteiger partial charge in [0.05, 0.1) is 17.2 Å². The Bertz CT molecular complexity index is 624. The van der Waals surface area contributed by atoms with Crippen molar-refractivity contribution >= 4 is 10.9 Å². The van der Waals surface area contributed by atoms with Crippen molar-refractivity contribution < 1.29 is 4.74 Å². The smallest absolute Gasteiger partial charge is 0.120 e. The lowest BCUT2D eigenvalue weighted by atomic mass is 9.98. The molecule has 0 amide bonds. The third kappa shape index (κ3) is 2.68.